The number of nitrogens with zero attached hydrogens (tertiary/aromatic N) is 2. The lowest BCUT2D eigenvalue weighted by Gasteiger charge is -2.06. The fourth-order valence-corrected chi connectivity index (χ4v) is 2.63. The fraction of sp³-hybridized carbons (Fsp3) is 0.111. The van der Waals surface area contributed by atoms with Gasteiger partial charge in [-0.3, -0.25) is 5.10 Å². The second kappa shape index (κ2) is 5.73. The van der Waals surface area contributed by atoms with E-state index in [1.807, 2.05) is 48.5 Å². The van der Waals surface area contributed by atoms with E-state index in [2.05, 4.69) is 20.2 Å². The summed E-state index contributed by atoms with van der Waals surface area (Å²) in [6.07, 6.45) is 0. The van der Waals surface area contributed by atoms with Crippen molar-refractivity contribution in [3.63, 3.8) is 0 Å². The van der Waals surface area contributed by atoms with Gasteiger partial charge in [0.1, 0.15) is 17.2 Å². The Bertz CT molecular complexity index is 948. The Morgan fingerprint density at radius 2 is 1.67 bits per heavy atom. The van der Waals surface area contributed by atoms with Gasteiger partial charge in [0.25, 0.3) is 0 Å². The van der Waals surface area contributed by atoms with E-state index in [9.17, 15) is 0 Å². The number of imidazole rings is 1. The van der Waals surface area contributed by atoms with Crippen LogP contribution in [-0.4, -0.2) is 34.4 Å². The number of hydrogen-bond donors (Lipinski definition) is 2. The summed E-state index contributed by atoms with van der Waals surface area (Å²) in [5.74, 6) is 2.19. The molecule has 0 saturated heterocycles. The molecule has 2 N–H and O–H groups in total. The predicted octanol–water partition coefficient (Wildman–Crippen LogP) is 3.64. The Morgan fingerprint density at radius 3 is 2.38 bits per heavy atom. The van der Waals surface area contributed by atoms with Gasteiger partial charge in [-0.25, -0.2) is 4.98 Å². The van der Waals surface area contributed by atoms with E-state index in [1.165, 1.54) is 0 Å². The quantitative estimate of drug-likeness (QED) is 0.602. The van der Waals surface area contributed by atoms with Gasteiger partial charge in [0.05, 0.1) is 30.9 Å². The van der Waals surface area contributed by atoms with Gasteiger partial charge in [-0.2, -0.15) is 5.10 Å². The molecular weight excluding hydrogens is 304 g/mol. The van der Waals surface area contributed by atoms with Crippen LogP contribution in [0.1, 0.15) is 0 Å². The van der Waals surface area contributed by atoms with E-state index in [0.29, 0.717) is 0 Å². The molecule has 0 saturated carbocycles. The maximum atomic E-state index is 5.31. The molecular formula is C18H16N4O2. The molecule has 2 heterocycles. The lowest BCUT2D eigenvalue weighted by molar-refractivity contribution is 0.394. The van der Waals surface area contributed by atoms with Crippen LogP contribution < -0.4 is 9.47 Å². The van der Waals surface area contributed by atoms with Crippen molar-refractivity contribution in [1.82, 2.24) is 20.2 Å². The van der Waals surface area contributed by atoms with E-state index in [-0.39, 0.29) is 0 Å². The van der Waals surface area contributed by atoms with Crippen molar-refractivity contribution in [3.8, 4) is 34.3 Å². The number of fused-ring (bicyclic) bond motifs is 1. The van der Waals surface area contributed by atoms with Gasteiger partial charge < -0.3 is 14.5 Å². The molecule has 4 rings (SSSR count). The monoisotopic (exact) mass is 320 g/mol. The first-order valence-electron chi connectivity index (χ1n) is 7.51. The van der Waals surface area contributed by atoms with Gasteiger partial charge >= 0.3 is 0 Å². The largest absolute Gasteiger partial charge is 0.497 e. The van der Waals surface area contributed by atoms with Crippen molar-refractivity contribution in [2.24, 2.45) is 0 Å². The molecule has 0 fully saturated rings. The number of rotatable bonds is 4. The SMILES string of the molecule is COc1cc(OC)cc(-c2cc(-c3nc4ccccc4[nH]3)[nH]n2)c1. The summed E-state index contributed by atoms with van der Waals surface area (Å²) in [6.45, 7) is 0. The zero-order valence-corrected chi connectivity index (χ0v) is 13.3. The summed E-state index contributed by atoms with van der Waals surface area (Å²) >= 11 is 0. The molecule has 6 nitrogen and oxygen atoms in total. The highest BCUT2D eigenvalue weighted by Gasteiger charge is 2.11. The minimum Gasteiger partial charge on any atom is -0.497 e. The molecule has 6 heteroatoms. The highest BCUT2D eigenvalue weighted by molar-refractivity contribution is 5.79. The van der Waals surface area contributed by atoms with Gasteiger partial charge in [0.2, 0.25) is 0 Å². The smallest absolute Gasteiger partial charge is 0.156 e. The number of para-hydroxylation sites is 2. The maximum absolute atomic E-state index is 5.31. The summed E-state index contributed by atoms with van der Waals surface area (Å²) in [6, 6.07) is 15.5. The third kappa shape index (κ3) is 2.48. The van der Waals surface area contributed by atoms with Gasteiger partial charge in [0, 0.05) is 11.6 Å². The van der Waals surface area contributed by atoms with Crippen LogP contribution in [0.5, 0.6) is 11.5 Å². The second-order valence-corrected chi connectivity index (χ2v) is 5.37. The summed E-state index contributed by atoms with van der Waals surface area (Å²) in [5.41, 5.74) is 4.44. The summed E-state index contributed by atoms with van der Waals surface area (Å²) in [4.78, 5) is 7.87. The number of H-pyrrole nitrogens is 2. The number of benzene rings is 2. The minimum absolute atomic E-state index is 0.720. The number of hydrogen-bond acceptors (Lipinski definition) is 4. The Balaban J connectivity index is 1.74. The topological polar surface area (TPSA) is 75.8 Å². The fourth-order valence-electron chi connectivity index (χ4n) is 2.63. The van der Waals surface area contributed by atoms with Crippen LogP contribution >= 0.6 is 0 Å². The maximum Gasteiger partial charge on any atom is 0.156 e. The van der Waals surface area contributed by atoms with Gasteiger partial charge in [-0.1, -0.05) is 12.1 Å². The van der Waals surface area contributed by atoms with Gasteiger partial charge in [-0.05, 0) is 30.3 Å². The van der Waals surface area contributed by atoms with Crippen LogP contribution in [0.3, 0.4) is 0 Å². The average molecular weight is 320 g/mol. The molecule has 4 aromatic rings. The van der Waals surface area contributed by atoms with E-state index in [0.717, 1.165) is 45.3 Å². The first-order valence-corrected chi connectivity index (χ1v) is 7.51. The standard InChI is InChI=1S/C18H16N4O2/c1-23-12-7-11(8-13(9-12)24-2)16-10-17(22-21-16)18-19-14-5-3-4-6-15(14)20-18/h3-10H,1-2H3,(H,19,20)(H,21,22). The van der Waals surface area contributed by atoms with E-state index in [4.69, 9.17) is 9.47 Å². The first-order chi connectivity index (χ1) is 11.8. The number of aromatic amines is 2. The molecule has 0 spiro atoms. The second-order valence-electron chi connectivity index (χ2n) is 5.37. The zero-order valence-electron chi connectivity index (χ0n) is 13.3. The lowest BCUT2D eigenvalue weighted by atomic mass is 10.1. The Labute approximate surface area is 138 Å². The molecule has 24 heavy (non-hydrogen) atoms. The normalized spacial score (nSPS) is 10.9. The van der Waals surface area contributed by atoms with Crippen molar-refractivity contribution < 1.29 is 9.47 Å². The van der Waals surface area contributed by atoms with Crippen LogP contribution in [0.25, 0.3) is 33.8 Å². The van der Waals surface area contributed by atoms with Crippen LogP contribution in [0.15, 0.2) is 48.5 Å². The minimum atomic E-state index is 0.720. The van der Waals surface area contributed by atoms with Crippen LogP contribution in [0, 0.1) is 0 Å². The number of methoxy groups -OCH3 is 2. The molecule has 2 aromatic heterocycles. The van der Waals surface area contributed by atoms with Crippen molar-refractivity contribution in [3.05, 3.63) is 48.5 Å². The summed E-state index contributed by atoms with van der Waals surface area (Å²) in [5, 5.41) is 7.42. The Morgan fingerprint density at radius 1 is 0.917 bits per heavy atom. The highest BCUT2D eigenvalue weighted by Crippen LogP contribution is 2.30. The third-order valence-corrected chi connectivity index (χ3v) is 3.87. The Hall–Kier alpha value is -3.28. The molecule has 120 valence electrons. The molecule has 0 radical (unpaired) electrons. The van der Waals surface area contributed by atoms with Crippen molar-refractivity contribution in [2.45, 2.75) is 0 Å². The van der Waals surface area contributed by atoms with Crippen LogP contribution in [0.2, 0.25) is 0 Å². The van der Waals surface area contributed by atoms with Crippen LogP contribution in [-0.2, 0) is 0 Å². The average Bonchev–Trinajstić information content (AvgIpc) is 3.27. The Kier molecular flexibility index (Phi) is 3.42. The molecule has 0 bridgehead atoms. The van der Waals surface area contributed by atoms with E-state index in [1.54, 1.807) is 14.2 Å². The van der Waals surface area contributed by atoms with Crippen molar-refractivity contribution in [2.75, 3.05) is 14.2 Å². The number of ether oxygens (including phenoxy) is 2. The predicted molar refractivity (Wildman–Crippen MR) is 92.2 cm³/mol. The van der Waals surface area contributed by atoms with E-state index >= 15 is 0 Å². The first kappa shape index (κ1) is 14.3. The van der Waals surface area contributed by atoms with Crippen LogP contribution in [0.4, 0.5) is 0 Å². The highest BCUT2D eigenvalue weighted by atomic mass is 16.5. The molecule has 2 aromatic carbocycles. The summed E-state index contributed by atoms with van der Waals surface area (Å²) in [7, 11) is 3.26. The molecule has 0 aliphatic carbocycles. The lowest BCUT2D eigenvalue weighted by Crippen LogP contribution is -1.88. The molecule has 0 atom stereocenters. The molecule has 0 aliphatic rings. The van der Waals surface area contributed by atoms with Crippen molar-refractivity contribution in [1.29, 1.82) is 0 Å². The number of nitrogens with one attached hydrogen (secondary N) is 2. The van der Waals surface area contributed by atoms with E-state index < -0.39 is 0 Å². The van der Waals surface area contributed by atoms with Gasteiger partial charge in [-0.15, -0.1) is 0 Å². The van der Waals surface area contributed by atoms with Crippen molar-refractivity contribution >= 4 is 11.0 Å². The zero-order chi connectivity index (χ0) is 16.5. The molecule has 0 amide bonds. The molecule has 0 aliphatic heterocycles. The number of aromatic nitrogens is 4. The summed E-state index contributed by atoms with van der Waals surface area (Å²) < 4.78 is 10.6. The third-order valence-electron chi connectivity index (χ3n) is 3.87. The van der Waals surface area contributed by atoms with Gasteiger partial charge in [0.15, 0.2) is 5.82 Å². The molecule has 0 unspecified atom stereocenters.